The van der Waals surface area contributed by atoms with E-state index in [2.05, 4.69) is 244 Å². The van der Waals surface area contributed by atoms with Crippen molar-refractivity contribution < 1.29 is 4.74 Å². The third-order valence-corrected chi connectivity index (χ3v) is 13.7. The molecule has 0 radical (unpaired) electrons. The van der Waals surface area contributed by atoms with Crippen molar-refractivity contribution in [2.45, 2.75) is 0 Å². The van der Waals surface area contributed by atoms with Crippen molar-refractivity contribution in [1.82, 2.24) is 9.13 Å². The van der Waals surface area contributed by atoms with E-state index in [9.17, 15) is 0 Å². The molecule has 14 rings (SSSR count). The van der Waals surface area contributed by atoms with E-state index in [-0.39, 0.29) is 6.85 Å². The Balaban J connectivity index is 0.998. The number of hydrogen-bond donors (Lipinski definition) is 0. The highest BCUT2D eigenvalue weighted by molar-refractivity contribution is 6.92. The van der Waals surface area contributed by atoms with Gasteiger partial charge >= 0.3 is 6.85 Å². The molecule has 5 heteroatoms. The predicted octanol–water partition coefficient (Wildman–Crippen LogP) is 14.2. The molecule has 2 aromatic heterocycles. The molecular weight excluding hydrogens is 789 g/mol. The molecule has 0 unspecified atom stereocenters. The fraction of sp³-hybridized carbons (Fsp3) is 0. The summed E-state index contributed by atoms with van der Waals surface area (Å²) in [7, 11) is 0. The average Bonchev–Trinajstić information content (AvgIpc) is 3.89. The zero-order valence-corrected chi connectivity index (χ0v) is 35.3. The minimum Gasteiger partial charge on any atom is -0.458 e. The van der Waals surface area contributed by atoms with Gasteiger partial charge in [0.05, 0.1) is 27.8 Å². The first-order valence-corrected chi connectivity index (χ1v) is 22.4. The van der Waals surface area contributed by atoms with Gasteiger partial charge in [0, 0.05) is 55.2 Å². The molecule has 0 saturated carbocycles. The van der Waals surface area contributed by atoms with Gasteiger partial charge in [-0.05, 0) is 107 Å². The van der Waals surface area contributed by atoms with Crippen LogP contribution in [0, 0.1) is 0 Å². The van der Waals surface area contributed by atoms with Gasteiger partial charge in [-0.3, -0.25) is 0 Å². The first-order valence-electron chi connectivity index (χ1n) is 22.4. The van der Waals surface area contributed by atoms with Gasteiger partial charge in [-0.2, -0.15) is 0 Å². The second-order valence-corrected chi connectivity index (χ2v) is 17.2. The van der Waals surface area contributed by atoms with Crippen LogP contribution in [-0.4, -0.2) is 16.0 Å². The summed E-state index contributed by atoms with van der Waals surface area (Å²) < 4.78 is 11.8. The van der Waals surface area contributed by atoms with E-state index in [1.165, 1.54) is 65.8 Å². The second-order valence-electron chi connectivity index (χ2n) is 17.2. The van der Waals surface area contributed by atoms with Crippen LogP contribution >= 0.6 is 0 Å². The number of anilines is 2. The maximum absolute atomic E-state index is 6.99. The van der Waals surface area contributed by atoms with Crippen molar-refractivity contribution in [3.8, 4) is 56.3 Å². The van der Waals surface area contributed by atoms with Crippen LogP contribution in [0.1, 0.15) is 0 Å². The number of fused-ring (bicyclic) bond motifs is 10. The topological polar surface area (TPSA) is 22.3 Å². The monoisotopic (exact) mass is 827 g/mol. The summed E-state index contributed by atoms with van der Waals surface area (Å²) >= 11 is 0. The summed E-state index contributed by atoms with van der Waals surface area (Å²) in [5.41, 5.74) is 18.6. The van der Waals surface area contributed by atoms with E-state index in [0.717, 1.165) is 56.4 Å². The molecule has 2 aliphatic rings. The Morgan fingerprint density at radius 3 is 1.62 bits per heavy atom. The van der Waals surface area contributed by atoms with E-state index < -0.39 is 0 Å². The fourth-order valence-electron chi connectivity index (χ4n) is 11.0. The smallest absolute Gasteiger partial charge is 0.336 e. The summed E-state index contributed by atoms with van der Waals surface area (Å²) in [4.78, 5) is 2.54. The molecule has 4 heterocycles. The van der Waals surface area contributed by atoms with Crippen LogP contribution in [0.25, 0.3) is 88.4 Å². The van der Waals surface area contributed by atoms with Gasteiger partial charge in [0.2, 0.25) is 0 Å². The van der Waals surface area contributed by atoms with Crippen LogP contribution in [0.2, 0.25) is 0 Å². The maximum Gasteiger partial charge on any atom is 0.336 e. The van der Waals surface area contributed by atoms with Gasteiger partial charge in [0.1, 0.15) is 11.5 Å². The minimum atomic E-state index is -0.124. The zero-order valence-electron chi connectivity index (χ0n) is 35.3. The van der Waals surface area contributed by atoms with Crippen molar-refractivity contribution in [1.29, 1.82) is 0 Å². The Bertz CT molecular complexity index is 3790. The van der Waals surface area contributed by atoms with Gasteiger partial charge in [-0.25, -0.2) is 0 Å². The van der Waals surface area contributed by atoms with E-state index in [1.54, 1.807) is 0 Å². The zero-order chi connectivity index (χ0) is 42.6. The SMILES string of the molecule is c1ccc(N2B3c4ccccc4Oc4cc(-c5cccc(-n6c7ccccc7c7ccccc76)c5)cc(c43)-c3ccc(-c4ccccc4-n4c5ccccc5c5ccccc54)cc32)cc1. The molecule has 302 valence electrons. The Morgan fingerprint density at radius 1 is 0.323 bits per heavy atom. The van der Waals surface area contributed by atoms with Crippen LogP contribution in [0.15, 0.2) is 231 Å². The predicted molar refractivity (Wildman–Crippen MR) is 272 cm³/mol. The number of rotatable bonds is 5. The summed E-state index contributed by atoms with van der Waals surface area (Å²) in [6.45, 7) is -0.124. The molecule has 12 aromatic rings. The number of para-hydroxylation sites is 7. The number of benzene rings is 10. The van der Waals surface area contributed by atoms with Crippen molar-refractivity contribution in [2.24, 2.45) is 0 Å². The molecule has 4 nitrogen and oxygen atoms in total. The van der Waals surface area contributed by atoms with E-state index in [4.69, 9.17) is 4.74 Å². The summed E-state index contributed by atoms with van der Waals surface area (Å²) in [6.07, 6.45) is 0. The van der Waals surface area contributed by atoms with Crippen molar-refractivity contribution in [2.75, 3.05) is 4.81 Å². The maximum atomic E-state index is 6.99. The van der Waals surface area contributed by atoms with E-state index in [0.29, 0.717) is 0 Å². The van der Waals surface area contributed by atoms with Gasteiger partial charge in [0.25, 0.3) is 0 Å². The molecular formula is C60H38BN3O. The summed E-state index contributed by atoms with van der Waals surface area (Å²) in [5, 5.41) is 5.00. The Morgan fingerprint density at radius 2 is 0.908 bits per heavy atom. The number of nitrogens with zero attached hydrogens (tertiary/aromatic N) is 3. The Labute approximate surface area is 376 Å². The molecule has 0 bridgehead atoms. The second kappa shape index (κ2) is 14.0. The van der Waals surface area contributed by atoms with Crippen molar-refractivity contribution in [3.63, 3.8) is 0 Å². The standard InChI is InChI=1S/C60H38BN3O/c1-2-18-42(19-3-1)64-57-37-40(44-21-4-10-27-52(44)63-55-30-13-7-24-47(55)48-25-8-14-31-56(48)63)33-34-49(57)50-36-41(38-59-60(50)61(64)51-26-9-15-32-58(51)65-59)39-17-16-20-43(35-39)62-53-28-11-5-22-45(53)46-23-6-12-29-54(46)62/h1-38H. The van der Waals surface area contributed by atoms with Crippen LogP contribution in [-0.2, 0) is 0 Å². The van der Waals surface area contributed by atoms with E-state index in [1.807, 2.05) is 0 Å². The highest BCUT2D eigenvalue weighted by atomic mass is 16.5. The third-order valence-electron chi connectivity index (χ3n) is 13.7. The largest absolute Gasteiger partial charge is 0.458 e. The van der Waals surface area contributed by atoms with Crippen LogP contribution in [0.3, 0.4) is 0 Å². The Kier molecular flexibility index (Phi) is 7.75. The number of hydrogen-bond acceptors (Lipinski definition) is 2. The molecule has 0 spiro atoms. The van der Waals surface area contributed by atoms with Crippen molar-refractivity contribution in [3.05, 3.63) is 231 Å². The normalized spacial score (nSPS) is 12.7. The molecule has 2 aliphatic heterocycles. The molecule has 10 aromatic carbocycles. The van der Waals surface area contributed by atoms with Gasteiger partial charge < -0.3 is 18.7 Å². The average molecular weight is 828 g/mol. The molecule has 0 fully saturated rings. The molecule has 0 atom stereocenters. The summed E-state index contributed by atoms with van der Waals surface area (Å²) in [5.74, 6) is 1.76. The lowest BCUT2D eigenvalue weighted by Crippen LogP contribution is -2.59. The Hall–Kier alpha value is -8.54. The fourth-order valence-corrected chi connectivity index (χ4v) is 11.0. The van der Waals surface area contributed by atoms with Gasteiger partial charge in [0.15, 0.2) is 0 Å². The van der Waals surface area contributed by atoms with Gasteiger partial charge in [-0.1, -0.05) is 152 Å². The third kappa shape index (κ3) is 5.33. The summed E-state index contributed by atoms with van der Waals surface area (Å²) in [6, 6.07) is 83.9. The quantitative estimate of drug-likeness (QED) is 0.161. The van der Waals surface area contributed by atoms with E-state index >= 15 is 0 Å². The van der Waals surface area contributed by atoms with Crippen molar-refractivity contribution >= 4 is 72.8 Å². The first kappa shape index (κ1) is 36.0. The van der Waals surface area contributed by atoms with Gasteiger partial charge in [-0.15, -0.1) is 0 Å². The number of aromatic nitrogens is 2. The number of ether oxygens (including phenoxy) is 1. The lowest BCUT2D eigenvalue weighted by atomic mass is 9.44. The molecule has 0 N–H and O–H groups in total. The van der Waals surface area contributed by atoms with Crippen LogP contribution in [0.5, 0.6) is 11.5 Å². The van der Waals surface area contributed by atoms with Crippen LogP contribution in [0.4, 0.5) is 11.4 Å². The lowest BCUT2D eigenvalue weighted by Gasteiger charge is -2.42. The highest BCUT2D eigenvalue weighted by Crippen LogP contribution is 2.48. The van der Waals surface area contributed by atoms with Crippen LogP contribution < -0.4 is 20.5 Å². The highest BCUT2D eigenvalue weighted by Gasteiger charge is 2.44. The minimum absolute atomic E-state index is 0.124. The molecule has 0 saturated heterocycles. The molecule has 0 aliphatic carbocycles. The first-order chi connectivity index (χ1) is 32.3. The molecule has 0 amide bonds. The molecule has 65 heavy (non-hydrogen) atoms. The lowest BCUT2D eigenvalue weighted by molar-refractivity contribution is 0.487.